The zero-order chi connectivity index (χ0) is 23.8. The van der Waals surface area contributed by atoms with Crippen LogP contribution in [0.1, 0.15) is 26.7 Å². The molecule has 3 rings (SSSR count). The van der Waals surface area contributed by atoms with E-state index in [-0.39, 0.29) is 11.7 Å². The van der Waals surface area contributed by atoms with E-state index in [0.29, 0.717) is 34.4 Å². The highest BCUT2D eigenvalue weighted by atomic mass is 35.5. The molecule has 2 aromatic carbocycles. The second-order valence-corrected chi connectivity index (χ2v) is 9.96. The van der Waals surface area contributed by atoms with Crippen molar-refractivity contribution in [2.75, 3.05) is 43.9 Å². The van der Waals surface area contributed by atoms with E-state index in [1.165, 1.54) is 23.5 Å². The standard InChI is InChI=1S/C24H29ClFN3O2S2/c1-4-28(5-2)14-15-29(21(30)7-6-16-32-18-10-8-17(26)9-11-18)24-27-22-20(31-3)13-12-19(25)23(22)33-24/h8-13H,4-7,14-16H2,1-3H3. The van der Waals surface area contributed by atoms with Crippen molar-refractivity contribution >= 4 is 56.0 Å². The molecule has 0 N–H and O–H groups in total. The number of benzene rings is 2. The van der Waals surface area contributed by atoms with E-state index >= 15 is 0 Å². The number of thiazole rings is 1. The molecule has 9 heteroatoms. The molecule has 0 unspecified atom stereocenters. The first-order chi connectivity index (χ1) is 16.0. The topological polar surface area (TPSA) is 45.7 Å². The van der Waals surface area contributed by atoms with Crippen molar-refractivity contribution in [2.24, 2.45) is 0 Å². The molecular weight excluding hydrogens is 481 g/mol. The largest absolute Gasteiger partial charge is 0.494 e. The van der Waals surface area contributed by atoms with Gasteiger partial charge in [0, 0.05) is 24.4 Å². The predicted molar refractivity (Wildman–Crippen MR) is 138 cm³/mol. The Hall–Kier alpha value is -1.87. The average Bonchev–Trinajstić information content (AvgIpc) is 3.27. The van der Waals surface area contributed by atoms with Crippen molar-refractivity contribution < 1.29 is 13.9 Å². The number of hydrogen-bond acceptors (Lipinski definition) is 6. The quantitative estimate of drug-likeness (QED) is 0.210. The van der Waals surface area contributed by atoms with Crippen LogP contribution in [0.15, 0.2) is 41.3 Å². The van der Waals surface area contributed by atoms with Gasteiger partial charge in [0.15, 0.2) is 5.13 Å². The van der Waals surface area contributed by atoms with E-state index in [2.05, 4.69) is 18.7 Å². The summed E-state index contributed by atoms with van der Waals surface area (Å²) in [6.45, 7) is 7.41. The smallest absolute Gasteiger partial charge is 0.228 e. The summed E-state index contributed by atoms with van der Waals surface area (Å²) < 4.78 is 19.3. The fourth-order valence-corrected chi connectivity index (χ4v) is 5.56. The molecule has 0 aliphatic rings. The highest BCUT2D eigenvalue weighted by molar-refractivity contribution is 7.99. The molecular formula is C24H29ClFN3O2S2. The van der Waals surface area contributed by atoms with Crippen LogP contribution in [0.25, 0.3) is 10.2 Å². The first-order valence-corrected chi connectivity index (χ1v) is 13.2. The SMILES string of the molecule is CCN(CC)CCN(C(=O)CCCSc1ccc(F)cc1)c1nc2c(OC)ccc(Cl)c2s1. The van der Waals surface area contributed by atoms with Gasteiger partial charge in [-0.2, -0.15) is 0 Å². The first-order valence-electron chi connectivity index (χ1n) is 11.0. The van der Waals surface area contributed by atoms with Crippen LogP contribution in [0.4, 0.5) is 9.52 Å². The molecule has 5 nitrogen and oxygen atoms in total. The van der Waals surface area contributed by atoms with Crippen LogP contribution in [0.5, 0.6) is 5.75 Å². The second-order valence-electron chi connectivity index (χ2n) is 7.40. The fraction of sp³-hybridized carbons (Fsp3) is 0.417. The highest BCUT2D eigenvalue weighted by Crippen LogP contribution is 2.39. The fourth-order valence-electron chi connectivity index (χ4n) is 3.41. The minimum Gasteiger partial charge on any atom is -0.494 e. The lowest BCUT2D eigenvalue weighted by Crippen LogP contribution is -2.38. The van der Waals surface area contributed by atoms with Gasteiger partial charge < -0.3 is 9.64 Å². The van der Waals surface area contributed by atoms with E-state index in [9.17, 15) is 9.18 Å². The number of carbonyl (C=O) groups is 1. The van der Waals surface area contributed by atoms with Gasteiger partial charge in [0.1, 0.15) is 17.1 Å². The van der Waals surface area contributed by atoms with E-state index in [4.69, 9.17) is 21.3 Å². The van der Waals surface area contributed by atoms with Gasteiger partial charge in [0.25, 0.3) is 0 Å². The number of nitrogens with zero attached hydrogens (tertiary/aromatic N) is 3. The number of thioether (sulfide) groups is 1. The maximum Gasteiger partial charge on any atom is 0.228 e. The molecule has 1 amide bonds. The van der Waals surface area contributed by atoms with Gasteiger partial charge in [-0.25, -0.2) is 9.37 Å². The van der Waals surface area contributed by atoms with E-state index in [1.54, 1.807) is 48.0 Å². The van der Waals surface area contributed by atoms with Crippen molar-refractivity contribution in [3.8, 4) is 5.75 Å². The van der Waals surface area contributed by atoms with Crippen LogP contribution in [-0.4, -0.2) is 54.8 Å². The third kappa shape index (κ3) is 6.82. The molecule has 0 fully saturated rings. The second kappa shape index (κ2) is 12.6. The Bertz CT molecular complexity index is 1060. The van der Waals surface area contributed by atoms with Crippen LogP contribution in [0.3, 0.4) is 0 Å². The van der Waals surface area contributed by atoms with Crippen molar-refractivity contribution in [1.29, 1.82) is 0 Å². The number of rotatable bonds is 12. The summed E-state index contributed by atoms with van der Waals surface area (Å²) in [4.78, 5) is 23.0. The lowest BCUT2D eigenvalue weighted by atomic mass is 10.3. The number of methoxy groups -OCH3 is 1. The van der Waals surface area contributed by atoms with Gasteiger partial charge in [-0.05, 0) is 61.7 Å². The van der Waals surface area contributed by atoms with Gasteiger partial charge in [-0.15, -0.1) is 11.8 Å². The zero-order valence-corrected chi connectivity index (χ0v) is 21.5. The Labute approximate surface area is 207 Å². The van der Waals surface area contributed by atoms with Crippen LogP contribution < -0.4 is 9.64 Å². The molecule has 1 aromatic heterocycles. The van der Waals surface area contributed by atoms with E-state index in [1.807, 2.05) is 0 Å². The van der Waals surface area contributed by atoms with E-state index in [0.717, 1.165) is 41.4 Å². The first kappa shape index (κ1) is 25.7. The molecule has 0 spiro atoms. The monoisotopic (exact) mass is 509 g/mol. The molecule has 0 atom stereocenters. The molecule has 33 heavy (non-hydrogen) atoms. The van der Waals surface area contributed by atoms with Gasteiger partial charge in [-0.3, -0.25) is 9.69 Å². The van der Waals surface area contributed by atoms with Gasteiger partial charge in [0.2, 0.25) is 5.91 Å². The third-order valence-corrected chi connectivity index (χ3v) is 7.99. The summed E-state index contributed by atoms with van der Waals surface area (Å²) in [5.74, 6) is 1.21. The van der Waals surface area contributed by atoms with Crippen LogP contribution in [-0.2, 0) is 4.79 Å². The van der Waals surface area contributed by atoms with Crippen molar-refractivity contribution in [3.63, 3.8) is 0 Å². The maximum absolute atomic E-state index is 13.3. The average molecular weight is 510 g/mol. The minimum absolute atomic E-state index is 0.0380. The van der Waals surface area contributed by atoms with Crippen molar-refractivity contribution in [1.82, 2.24) is 9.88 Å². The minimum atomic E-state index is -0.244. The molecule has 0 bridgehead atoms. The number of halogens is 2. The highest BCUT2D eigenvalue weighted by Gasteiger charge is 2.22. The van der Waals surface area contributed by atoms with Gasteiger partial charge >= 0.3 is 0 Å². The van der Waals surface area contributed by atoms with E-state index < -0.39 is 0 Å². The lowest BCUT2D eigenvalue weighted by Gasteiger charge is -2.24. The predicted octanol–water partition coefficient (Wildman–Crippen LogP) is 6.34. The van der Waals surface area contributed by atoms with Gasteiger partial charge in [0.05, 0.1) is 16.8 Å². The maximum atomic E-state index is 13.3. The summed E-state index contributed by atoms with van der Waals surface area (Å²) in [5.41, 5.74) is 0.678. The van der Waals surface area contributed by atoms with Gasteiger partial charge in [-0.1, -0.05) is 36.8 Å². The number of hydrogen-bond donors (Lipinski definition) is 0. The molecule has 1 heterocycles. The Balaban J connectivity index is 1.73. The molecule has 3 aromatic rings. The Morgan fingerprint density at radius 2 is 1.88 bits per heavy atom. The number of anilines is 1. The molecule has 0 radical (unpaired) electrons. The van der Waals surface area contributed by atoms with Crippen LogP contribution >= 0.6 is 34.7 Å². The molecule has 178 valence electrons. The summed E-state index contributed by atoms with van der Waals surface area (Å²) in [6, 6.07) is 10.0. The Morgan fingerprint density at radius 1 is 1.15 bits per heavy atom. The number of aromatic nitrogens is 1. The summed E-state index contributed by atoms with van der Waals surface area (Å²) in [5, 5.41) is 1.24. The van der Waals surface area contributed by atoms with Crippen LogP contribution in [0.2, 0.25) is 5.02 Å². The number of likely N-dealkylation sites (N-methyl/N-ethyl adjacent to an activating group) is 1. The molecule has 0 saturated carbocycles. The lowest BCUT2D eigenvalue weighted by molar-refractivity contribution is -0.118. The van der Waals surface area contributed by atoms with Crippen molar-refractivity contribution in [3.05, 3.63) is 47.2 Å². The molecule has 0 aliphatic carbocycles. The Kier molecular flexibility index (Phi) is 9.79. The molecule has 0 aliphatic heterocycles. The normalized spacial score (nSPS) is 11.3. The zero-order valence-electron chi connectivity index (χ0n) is 19.1. The number of amides is 1. The number of ether oxygens (including phenoxy) is 1. The summed E-state index contributed by atoms with van der Waals surface area (Å²) >= 11 is 9.44. The summed E-state index contributed by atoms with van der Waals surface area (Å²) in [7, 11) is 1.60. The van der Waals surface area contributed by atoms with Crippen LogP contribution in [0, 0.1) is 5.82 Å². The molecule has 0 saturated heterocycles. The third-order valence-electron chi connectivity index (χ3n) is 5.35. The summed E-state index contributed by atoms with van der Waals surface area (Å²) in [6.07, 6.45) is 1.13. The van der Waals surface area contributed by atoms with Crippen molar-refractivity contribution in [2.45, 2.75) is 31.6 Å². The number of carbonyl (C=O) groups excluding carboxylic acids is 1. The number of fused-ring (bicyclic) bond motifs is 1. The Morgan fingerprint density at radius 3 is 2.55 bits per heavy atom.